The van der Waals surface area contributed by atoms with E-state index in [2.05, 4.69) is 26.5 Å². The summed E-state index contributed by atoms with van der Waals surface area (Å²) in [6, 6.07) is 15.4. The first-order chi connectivity index (χ1) is 13.7. The third-order valence-electron chi connectivity index (χ3n) is 4.17. The predicted molar refractivity (Wildman–Crippen MR) is 106 cm³/mol. The molecule has 3 aromatic heterocycles. The highest BCUT2D eigenvalue weighted by Crippen LogP contribution is 2.34. The highest BCUT2D eigenvalue weighted by Gasteiger charge is 2.18. The Kier molecular flexibility index (Phi) is 4.36. The van der Waals surface area contributed by atoms with Crippen molar-refractivity contribution in [2.24, 2.45) is 0 Å². The van der Waals surface area contributed by atoms with Crippen LogP contribution in [-0.4, -0.2) is 19.9 Å². The zero-order chi connectivity index (χ0) is 19.5. The molecule has 0 bridgehead atoms. The van der Waals surface area contributed by atoms with Crippen molar-refractivity contribution >= 4 is 22.5 Å². The Labute approximate surface area is 160 Å². The van der Waals surface area contributed by atoms with E-state index in [9.17, 15) is 5.26 Å². The molecule has 0 radical (unpaired) electrons. The van der Waals surface area contributed by atoms with Crippen molar-refractivity contribution in [3.8, 4) is 23.2 Å². The van der Waals surface area contributed by atoms with E-state index in [1.807, 2.05) is 48.5 Å². The Morgan fingerprint density at radius 1 is 1.04 bits per heavy atom. The molecular weight excluding hydrogens is 352 g/mol. The summed E-state index contributed by atoms with van der Waals surface area (Å²) in [6.45, 7) is 4.02. The number of nitrogens with two attached hydrogens (primary N) is 1. The molecule has 1 aromatic carbocycles. The SMILES string of the molecule is C=C(Oc1ncnc(N)c1C#N)c1cnc2ccccc2c1-c1ccccn1. The number of ether oxygens (including phenoxy) is 1. The maximum absolute atomic E-state index is 9.31. The van der Waals surface area contributed by atoms with E-state index in [1.54, 1.807) is 12.4 Å². The van der Waals surface area contributed by atoms with E-state index in [-0.39, 0.29) is 23.0 Å². The number of aromatic nitrogens is 4. The largest absolute Gasteiger partial charge is 0.437 e. The van der Waals surface area contributed by atoms with Gasteiger partial charge in [0.05, 0.1) is 11.2 Å². The first-order valence-electron chi connectivity index (χ1n) is 8.36. The molecule has 0 amide bonds. The first-order valence-corrected chi connectivity index (χ1v) is 8.36. The lowest BCUT2D eigenvalue weighted by Crippen LogP contribution is -2.04. The van der Waals surface area contributed by atoms with Crippen molar-refractivity contribution in [3.63, 3.8) is 0 Å². The Morgan fingerprint density at radius 2 is 1.86 bits per heavy atom. The summed E-state index contributed by atoms with van der Waals surface area (Å²) < 4.78 is 5.80. The lowest BCUT2D eigenvalue weighted by Gasteiger charge is -2.15. The van der Waals surface area contributed by atoms with Gasteiger partial charge in [-0.2, -0.15) is 5.26 Å². The Bertz CT molecular complexity index is 1230. The van der Waals surface area contributed by atoms with E-state index >= 15 is 0 Å². The maximum Gasteiger partial charge on any atom is 0.242 e. The minimum absolute atomic E-state index is 0.0418. The number of para-hydroxylation sites is 1. The van der Waals surface area contributed by atoms with Gasteiger partial charge in [-0.25, -0.2) is 9.97 Å². The number of fused-ring (bicyclic) bond motifs is 1. The average Bonchev–Trinajstić information content (AvgIpc) is 2.73. The molecule has 0 spiro atoms. The molecule has 28 heavy (non-hydrogen) atoms. The van der Waals surface area contributed by atoms with E-state index in [0.717, 1.165) is 22.2 Å². The summed E-state index contributed by atoms with van der Waals surface area (Å²) in [5, 5.41) is 10.2. The van der Waals surface area contributed by atoms with Crippen LogP contribution in [0.2, 0.25) is 0 Å². The Morgan fingerprint density at radius 3 is 2.64 bits per heavy atom. The van der Waals surface area contributed by atoms with Gasteiger partial charge in [0.25, 0.3) is 0 Å². The fourth-order valence-corrected chi connectivity index (χ4v) is 2.88. The summed E-state index contributed by atoms with van der Waals surface area (Å²) in [4.78, 5) is 16.8. The van der Waals surface area contributed by atoms with Crippen molar-refractivity contribution in [3.05, 3.63) is 78.9 Å². The van der Waals surface area contributed by atoms with Gasteiger partial charge in [0.1, 0.15) is 24.0 Å². The standard InChI is InChI=1S/C21H14N6O/c1-13(28-21-15(10-22)20(23)26-12-27-21)16-11-25-17-7-3-2-6-14(17)19(16)18-8-4-5-9-24-18/h2-9,11-12H,1H2,(H2,23,26,27). The monoisotopic (exact) mass is 366 g/mol. The highest BCUT2D eigenvalue weighted by atomic mass is 16.5. The van der Waals surface area contributed by atoms with Gasteiger partial charge < -0.3 is 10.5 Å². The van der Waals surface area contributed by atoms with Crippen LogP contribution in [0, 0.1) is 11.3 Å². The van der Waals surface area contributed by atoms with Crippen molar-refractivity contribution in [2.45, 2.75) is 0 Å². The molecule has 0 fully saturated rings. The van der Waals surface area contributed by atoms with E-state index in [0.29, 0.717) is 5.56 Å². The second-order valence-corrected chi connectivity index (χ2v) is 5.86. The summed E-state index contributed by atoms with van der Waals surface area (Å²) in [7, 11) is 0. The van der Waals surface area contributed by atoms with Gasteiger partial charge in [0, 0.05) is 28.9 Å². The second-order valence-electron chi connectivity index (χ2n) is 5.86. The van der Waals surface area contributed by atoms with Gasteiger partial charge in [-0.3, -0.25) is 9.97 Å². The summed E-state index contributed by atoms with van der Waals surface area (Å²) >= 11 is 0. The number of nitrogen functional groups attached to an aromatic ring is 1. The third kappa shape index (κ3) is 2.99. The van der Waals surface area contributed by atoms with Gasteiger partial charge in [-0.1, -0.05) is 30.8 Å². The van der Waals surface area contributed by atoms with Crippen LogP contribution in [0.1, 0.15) is 11.1 Å². The number of anilines is 1. The molecular formula is C21H14N6O. The summed E-state index contributed by atoms with van der Waals surface area (Å²) in [5.41, 5.74) is 8.83. The zero-order valence-corrected chi connectivity index (χ0v) is 14.7. The molecule has 4 aromatic rings. The van der Waals surface area contributed by atoms with Crippen LogP contribution in [-0.2, 0) is 0 Å². The van der Waals surface area contributed by atoms with Crippen LogP contribution in [0.3, 0.4) is 0 Å². The van der Waals surface area contributed by atoms with Crippen molar-refractivity contribution in [2.75, 3.05) is 5.73 Å². The molecule has 4 rings (SSSR count). The number of benzene rings is 1. The molecule has 7 nitrogen and oxygen atoms in total. The number of nitriles is 1. The molecule has 0 unspecified atom stereocenters. The fourth-order valence-electron chi connectivity index (χ4n) is 2.88. The van der Waals surface area contributed by atoms with Crippen LogP contribution in [0.5, 0.6) is 5.88 Å². The smallest absolute Gasteiger partial charge is 0.242 e. The van der Waals surface area contributed by atoms with Crippen molar-refractivity contribution < 1.29 is 4.74 Å². The quantitative estimate of drug-likeness (QED) is 0.549. The zero-order valence-electron chi connectivity index (χ0n) is 14.7. The number of hydrogen-bond donors (Lipinski definition) is 1. The van der Waals surface area contributed by atoms with Gasteiger partial charge in [-0.05, 0) is 18.2 Å². The van der Waals surface area contributed by atoms with Gasteiger partial charge in [0.2, 0.25) is 5.88 Å². The number of rotatable bonds is 4. The lowest BCUT2D eigenvalue weighted by molar-refractivity contribution is 0.492. The van der Waals surface area contributed by atoms with E-state index < -0.39 is 0 Å². The number of hydrogen-bond acceptors (Lipinski definition) is 7. The van der Waals surface area contributed by atoms with E-state index in [4.69, 9.17) is 10.5 Å². The molecule has 0 saturated carbocycles. The predicted octanol–water partition coefficient (Wildman–Crippen LogP) is 3.59. The molecule has 0 aliphatic heterocycles. The molecule has 3 heterocycles. The summed E-state index contributed by atoms with van der Waals surface area (Å²) in [6.07, 6.45) is 4.62. The third-order valence-corrected chi connectivity index (χ3v) is 4.17. The average molecular weight is 366 g/mol. The maximum atomic E-state index is 9.31. The topological polar surface area (TPSA) is 111 Å². The minimum Gasteiger partial charge on any atom is -0.437 e. The molecule has 134 valence electrons. The number of nitrogens with zero attached hydrogens (tertiary/aromatic N) is 5. The van der Waals surface area contributed by atoms with Crippen LogP contribution in [0.15, 0.2) is 67.8 Å². The normalized spacial score (nSPS) is 10.4. The second kappa shape index (κ2) is 7.13. The van der Waals surface area contributed by atoms with Crippen LogP contribution in [0.25, 0.3) is 27.9 Å². The van der Waals surface area contributed by atoms with Crippen LogP contribution in [0.4, 0.5) is 5.82 Å². The van der Waals surface area contributed by atoms with E-state index in [1.165, 1.54) is 6.33 Å². The fraction of sp³-hybridized carbons (Fsp3) is 0. The van der Waals surface area contributed by atoms with Gasteiger partial charge in [0.15, 0.2) is 5.56 Å². The highest BCUT2D eigenvalue weighted by molar-refractivity contribution is 5.98. The molecule has 0 atom stereocenters. The molecule has 0 aliphatic rings. The molecule has 7 heteroatoms. The van der Waals surface area contributed by atoms with Crippen LogP contribution >= 0.6 is 0 Å². The number of pyridine rings is 2. The van der Waals surface area contributed by atoms with Crippen molar-refractivity contribution in [1.82, 2.24) is 19.9 Å². The minimum atomic E-state index is 0.0418. The molecule has 0 aliphatic carbocycles. The van der Waals surface area contributed by atoms with Crippen molar-refractivity contribution in [1.29, 1.82) is 5.26 Å². The molecule has 0 saturated heterocycles. The van der Waals surface area contributed by atoms with Gasteiger partial charge in [-0.15, -0.1) is 0 Å². The first kappa shape index (κ1) is 17.1. The summed E-state index contributed by atoms with van der Waals surface area (Å²) in [5.74, 6) is 0.357. The Balaban J connectivity index is 1.87. The van der Waals surface area contributed by atoms with Crippen LogP contribution < -0.4 is 10.5 Å². The molecule has 2 N–H and O–H groups in total. The Hall–Kier alpha value is -4.31. The lowest BCUT2D eigenvalue weighted by atomic mass is 9.99. The van der Waals surface area contributed by atoms with Gasteiger partial charge >= 0.3 is 0 Å².